The van der Waals surface area contributed by atoms with Crippen LogP contribution in [0.3, 0.4) is 0 Å². The van der Waals surface area contributed by atoms with Gasteiger partial charge in [0.25, 0.3) is 0 Å². The minimum atomic E-state index is 0.296. The molecular weight excluding hydrogens is 412 g/mol. The molecule has 0 saturated carbocycles. The Morgan fingerprint density at radius 2 is 2.00 bits per heavy atom. The molecule has 0 amide bonds. The van der Waals surface area contributed by atoms with E-state index in [1.54, 1.807) is 0 Å². The minimum absolute atomic E-state index is 0.296. The number of aromatic nitrogens is 1. The van der Waals surface area contributed by atoms with Crippen LogP contribution in [-0.2, 0) is 0 Å². The van der Waals surface area contributed by atoms with E-state index in [-0.39, 0.29) is 0 Å². The van der Waals surface area contributed by atoms with E-state index in [9.17, 15) is 0 Å². The molecule has 4 heteroatoms. The van der Waals surface area contributed by atoms with E-state index < -0.39 is 0 Å². The van der Waals surface area contributed by atoms with Crippen molar-refractivity contribution in [2.75, 3.05) is 5.33 Å². The van der Waals surface area contributed by atoms with Crippen molar-refractivity contribution in [3.05, 3.63) is 18.3 Å². The summed E-state index contributed by atoms with van der Waals surface area (Å²) in [5.41, 5.74) is 1.32. The number of nitrogens with zero attached hydrogens (tertiary/aromatic N) is 3. The van der Waals surface area contributed by atoms with Crippen molar-refractivity contribution < 1.29 is 43.2 Å². The quantitative estimate of drug-likeness (QED) is 0.717. The van der Waals surface area contributed by atoms with Crippen LogP contribution in [0.2, 0.25) is 0 Å². The third-order valence-electron chi connectivity index (χ3n) is 3.21. The van der Waals surface area contributed by atoms with Crippen LogP contribution >= 0.6 is 0 Å². The van der Waals surface area contributed by atoms with Crippen LogP contribution in [0.5, 0.6) is 0 Å². The molecule has 0 aromatic carbocycles. The molecule has 1 aliphatic heterocycles. The van der Waals surface area contributed by atoms with Gasteiger partial charge in [-0.2, -0.15) is 0 Å². The number of hydrogen-bond donors (Lipinski definition) is 0. The topological polar surface area (TPSA) is 19.4 Å². The molecule has 0 bridgehead atoms. The molecule has 1 atom stereocenters. The van der Waals surface area contributed by atoms with E-state index in [0.29, 0.717) is 61.3 Å². The van der Waals surface area contributed by atoms with E-state index in [4.69, 9.17) is 0 Å². The first-order valence-electron chi connectivity index (χ1n) is 6.00. The van der Waals surface area contributed by atoms with Crippen molar-refractivity contribution in [2.24, 2.45) is 5.92 Å². The third kappa shape index (κ3) is 2.00. The fourth-order valence-corrected chi connectivity index (χ4v) is 7.56. The first-order valence-corrected chi connectivity index (χ1v) is 9.67. The van der Waals surface area contributed by atoms with Gasteiger partial charge in [-0.15, -0.1) is 0 Å². The Hall–Kier alpha value is 0.218. The number of fused-ring (bicyclic) bond motifs is 1. The van der Waals surface area contributed by atoms with Gasteiger partial charge in [-0.05, 0) is 0 Å². The van der Waals surface area contributed by atoms with Crippen molar-refractivity contribution in [1.29, 1.82) is 0 Å². The van der Waals surface area contributed by atoms with Crippen molar-refractivity contribution in [3.63, 3.8) is 0 Å². The number of hydrogen-bond acceptors (Lipinski definition) is 3. The monoisotopic (exact) mass is 431 g/mol. The summed E-state index contributed by atoms with van der Waals surface area (Å²) in [6.07, 6.45) is 2.43. The third-order valence-corrected chi connectivity index (χ3v) is 7.13. The molecule has 2 heterocycles. The van der Waals surface area contributed by atoms with Crippen molar-refractivity contribution >= 4 is 11.5 Å². The number of rotatable bonds is 2. The molecule has 3 nitrogen and oxygen atoms in total. The van der Waals surface area contributed by atoms with Crippen LogP contribution < -0.4 is 5.33 Å². The van der Waals surface area contributed by atoms with Gasteiger partial charge >= 0.3 is 129 Å². The Morgan fingerprint density at radius 1 is 1.31 bits per heavy atom. The second-order valence-electron chi connectivity index (χ2n) is 5.12. The Kier molecular flexibility index (Phi) is 3.83. The summed E-state index contributed by atoms with van der Waals surface area (Å²) in [6.45, 7) is 9.14. The van der Waals surface area contributed by atoms with Gasteiger partial charge in [-0.3, -0.25) is 0 Å². The molecular formula is C12H19N3Ra. The summed E-state index contributed by atoms with van der Waals surface area (Å²) in [5, 5.41) is 0. The first-order chi connectivity index (χ1) is 7.54. The van der Waals surface area contributed by atoms with Gasteiger partial charge in [-0.1, -0.05) is 0 Å². The molecule has 1 aromatic heterocycles. The van der Waals surface area contributed by atoms with Gasteiger partial charge in [0.1, 0.15) is 0 Å². The normalized spacial score (nSPS) is 19.7. The van der Waals surface area contributed by atoms with E-state index in [1.807, 2.05) is 12.3 Å². The summed E-state index contributed by atoms with van der Waals surface area (Å²) >= 11 is 0.296. The molecule has 0 saturated heterocycles. The molecule has 1 unspecified atom stereocenters. The van der Waals surface area contributed by atoms with Crippen LogP contribution in [0.25, 0.3) is 0 Å². The molecule has 0 N–H and O–H groups in total. The summed E-state index contributed by atoms with van der Waals surface area (Å²) in [5.74, 6) is 1.85. The van der Waals surface area contributed by atoms with Crippen LogP contribution in [0.4, 0.5) is 11.5 Å². The maximum atomic E-state index is 4.55. The van der Waals surface area contributed by atoms with Crippen LogP contribution in [-0.4, -0.2) is 17.2 Å². The molecule has 2 rings (SSSR count). The van der Waals surface area contributed by atoms with Crippen molar-refractivity contribution in [1.82, 2.24) is 4.98 Å². The zero-order valence-corrected chi connectivity index (χ0v) is 19.0. The molecule has 0 radical (unpaired) electrons. The number of pyridine rings is 1. The van der Waals surface area contributed by atoms with Gasteiger partial charge in [0.2, 0.25) is 0 Å². The summed E-state index contributed by atoms with van der Waals surface area (Å²) in [6, 6.07) is 4.79. The molecule has 84 valence electrons. The fourth-order valence-electron chi connectivity index (χ4n) is 2.67. The molecule has 1 aromatic rings. The second-order valence-corrected chi connectivity index (χ2v) is 9.08. The van der Waals surface area contributed by atoms with Gasteiger partial charge in [0, 0.05) is 0 Å². The van der Waals surface area contributed by atoms with E-state index in [2.05, 4.69) is 44.1 Å². The summed E-state index contributed by atoms with van der Waals surface area (Å²) in [7, 11) is 0. The Bertz CT molecular complexity index is 378. The van der Waals surface area contributed by atoms with E-state index >= 15 is 0 Å². The molecule has 0 aliphatic carbocycles. The predicted octanol–water partition coefficient (Wildman–Crippen LogP) is 2.30. The molecule has 16 heavy (non-hydrogen) atoms. The number of anilines is 2. The second kappa shape index (κ2) is 4.84. The maximum absolute atomic E-state index is 4.55. The van der Waals surface area contributed by atoms with Crippen LogP contribution in [0.1, 0.15) is 27.7 Å². The fraction of sp³-hybridized carbons (Fsp3) is 0.583. The van der Waals surface area contributed by atoms with Gasteiger partial charge < -0.3 is 0 Å². The molecule has 0 fully saturated rings. The average Bonchev–Trinajstić information content (AvgIpc) is 2.53. The average molecular weight is 431 g/mol. The van der Waals surface area contributed by atoms with E-state index in [0.717, 1.165) is 0 Å². The standard InChI is InChI=1S/C12H18N3.Ra.H/c1-8(2)12-14-11-10(6-5-7-13-11)15(12)9(3)4;;/h5-9,12H,1-4H3;;/q-1;+1;. The Balaban J connectivity index is 2.47. The summed E-state index contributed by atoms with van der Waals surface area (Å²) < 4.78 is 2.52. The summed E-state index contributed by atoms with van der Waals surface area (Å²) in [4.78, 5) is 7.07. The van der Waals surface area contributed by atoms with Gasteiger partial charge in [-0.25, -0.2) is 0 Å². The van der Waals surface area contributed by atoms with E-state index in [1.165, 1.54) is 11.5 Å². The Morgan fingerprint density at radius 3 is 2.56 bits per heavy atom. The molecule has 0 spiro atoms. The first kappa shape index (κ1) is 12.7. The Labute approximate surface area is 128 Å². The van der Waals surface area contributed by atoms with Crippen molar-refractivity contribution in [3.8, 4) is 0 Å². The van der Waals surface area contributed by atoms with Gasteiger partial charge in [0.15, 0.2) is 0 Å². The predicted molar refractivity (Wildman–Crippen MR) is 64.4 cm³/mol. The zero-order valence-electron chi connectivity index (χ0n) is 10.8. The SMILES string of the molecule is CC(C)C1[N]([RaH])c2ncccc2N1C(C)C. The van der Waals surface area contributed by atoms with Gasteiger partial charge in [0.05, 0.1) is 0 Å². The molecule has 1 aliphatic rings. The van der Waals surface area contributed by atoms with Crippen LogP contribution in [0, 0.1) is 49.1 Å². The zero-order chi connectivity index (χ0) is 11.9. The van der Waals surface area contributed by atoms with Crippen molar-refractivity contribution in [2.45, 2.75) is 39.9 Å². The van der Waals surface area contributed by atoms with Crippen LogP contribution in [0.15, 0.2) is 18.3 Å².